The molecule has 0 aliphatic rings. The largest absolute Gasteiger partial charge is 0.496 e. The Morgan fingerprint density at radius 1 is 1.21 bits per heavy atom. The second kappa shape index (κ2) is 4.86. The van der Waals surface area contributed by atoms with Crippen LogP contribution >= 0.6 is 0 Å². The Labute approximate surface area is 84.8 Å². The van der Waals surface area contributed by atoms with Crippen LogP contribution in [0.4, 0.5) is 0 Å². The van der Waals surface area contributed by atoms with Gasteiger partial charge in [-0.25, -0.2) is 0 Å². The second-order valence-corrected chi connectivity index (χ2v) is 3.00. The molecule has 0 aliphatic heterocycles. The number of hydrogen-bond acceptors (Lipinski definition) is 3. The topological polar surface area (TPSA) is 44.5 Å². The molecule has 0 atom stereocenters. The Kier molecular flexibility index (Phi) is 3.77. The van der Waals surface area contributed by atoms with E-state index in [9.17, 15) is 0 Å². The third-order valence-corrected chi connectivity index (χ3v) is 2.31. The first-order valence-electron chi connectivity index (χ1n) is 4.71. The highest BCUT2D eigenvalue weighted by atomic mass is 16.5. The van der Waals surface area contributed by atoms with Crippen molar-refractivity contribution in [2.75, 3.05) is 14.2 Å². The van der Waals surface area contributed by atoms with Crippen LogP contribution in [0.25, 0.3) is 0 Å². The first-order valence-corrected chi connectivity index (χ1v) is 4.71. The van der Waals surface area contributed by atoms with Gasteiger partial charge in [0.25, 0.3) is 0 Å². The average molecular weight is 195 g/mol. The molecule has 0 heterocycles. The number of ether oxygens (including phenoxy) is 2. The zero-order chi connectivity index (χ0) is 10.6. The van der Waals surface area contributed by atoms with E-state index < -0.39 is 0 Å². The van der Waals surface area contributed by atoms with Gasteiger partial charge in [-0.15, -0.1) is 0 Å². The second-order valence-electron chi connectivity index (χ2n) is 3.00. The summed E-state index contributed by atoms with van der Waals surface area (Å²) in [6.07, 6.45) is 0.931. The molecule has 0 aliphatic carbocycles. The first-order chi connectivity index (χ1) is 6.78. The zero-order valence-electron chi connectivity index (χ0n) is 8.96. The van der Waals surface area contributed by atoms with E-state index in [-0.39, 0.29) is 0 Å². The van der Waals surface area contributed by atoms with Crippen LogP contribution in [0, 0.1) is 0 Å². The molecule has 0 bridgehead atoms. The lowest BCUT2D eigenvalue weighted by Crippen LogP contribution is -2.05. The Hall–Kier alpha value is -1.22. The molecule has 1 rings (SSSR count). The van der Waals surface area contributed by atoms with Gasteiger partial charge in [0.15, 0.2) is 0 Å². The van der Waals surface area contributed by atoms with Crippen LogP contribution in [0.3, 0.4) is 0 Å². The van der Waals surface area contributed by atoms with Crippen LogP contribution in [-0.2, 0) is 13.0 Å². The van der Waals surface area contributed by atoms with Gasteiger partial charge < -0.3 is 15.2 Å². The van der Waals surface area contributed by atoms with E-state index in [2.05, 4.69) is 6.92 Å². The lowest BCUT2D eigenvalue weighted by Gasteiger charge is -2.14. The lowest BCUT2D eigenvalue weighted by atomic mass is 10.1. The Morgan fingerprint density at radius 2 is 1.93 bits per heavy atom. The minimum absolute atomic E-state index is 0.431. The monoisotopic (exact) mass is 195 g/mol. The molecule has 0 unspecified atom stereocenters. The quantitative estimate of drug-likeness (QED) is 0.795. The van der Waals surface area contributed by atoms with Crippen LogP contribution in [0.15, 0.2) is 12.1 Å². The van der Waals surface area contributed by atoms with Crippen molar-refractivity contribution in [3.05, 3.63) is 23.3 Å². The van der Waals surface area contributed by atoms with Crippen molar-refractivity contribution in [2.24, 2.45) is 5.73 Å². The van der Waals surface area contributed by atoms with Gasteiger partial charge in [0.2, 0.25) is 0 Å². The van der Waals surface area contributed by atoms with Crippen molar-refractivity contribution in [2.45, 2.75) is 19.9 Å². The van der Waals surface area contributed by atoms with Crippen LogP contribution in [0.2, 0.25) is 0 Å². The highest BCUT2D eigenvalue weighted by Crippen LogP contribution is 2.31. The minimum atomic E-state index is 0.431. The smallest absolute Gasteiger partial charge is 0.130 e. The number of hydrogen-bond donors (Lipinski definition) is 1. The third kappa shape index (κ3) is 1.82. The predicted octanol–water partition coefficient (Wildman–Crippen LogP) is 1.72. The fourth-order valence-corrected chi connectivity index (χ4v) is 1.58. The summed E-state index contributed by atoms with van der Waals surface area (Å²) in [5, 5.41) is 0. The molecule has 1 aromatic rings. The number of rotatable bonds is 4. The minimum Gasteiger partial charge on any atom is -0.496 e. The standard InChI is InChI=1S/C11H17NO2/c1-4-8-5-6-10(13-2)9(7-12)11(8)14-3/h5-6H,4,7,12H2,1-3H3. The molecule has 14 heavy (non-hydrogen) atoms. The predicted molar refractivity (Wildman–Crippen MR) is 56.8 cm³/mol. The van der Waals surface area contributed by atoms with Crippen LogP contribution in [-0.4, -0.2) is 14.2 Å². The van der Waals surface area contributed by atoms with Crippen molar-refractivity contribution < 1.29 is 9.47 Å². The normalized spacial score (nSPS) is 10.0. The van der Waals surface area contributed by atoms with E-state index in [4.69, 9.17) is 15.2 Å². The van der Waals surface area contributed by atoms with Crippen molar-refractivity contribution in [1.82, 2.24) is 0 Å². The van der Waals surface area contributed by atoms with Gasteiger partial charge >= 0.3 is 0 Å². The van der Waals surface area contributed by atoms with Crippen LogP contribution in [0.5, 0.6) is 11.5 Å². The molecule has 0 saturated heterocycles. The maximum absolute atomic E-state index is 5.67. The molecule has 2 N–H and O–H groups in total. The molecule has 0 spiro atoms. The van der Waals surface area contributed by atoms with E-state index in [0.717, 1.165) is 29.0 Å². The van der Waals surface area contributed by atoms with E-state index in [1.54, 1.807) is 14.2 Å². The SMILES string of the molecule is CCc1ccc(OC)c(CN)c1OC. The summed E-state index contributed by atoms with van der Waals surface area (Å²) in [4.78, 5) is 0. The summed E-state index contributed by atoms with van der Waals surface area (Å²) in [5.74, 6) is 1.65. The van der Waals surface area contributed by atoms with Crippen LogP contribution in [0.1, 0.15) is 18.1 Å². The van der Waals surface area contributed by atoms with Gasteiger partial charge in [-0.05, 0) is 18.1 Å². The molecule has 1 aromatic carbocycles. The molecule has 3 heteroatoms. The number of methoxy groups -OCH3 is 2. The molecule has 0 saturated carbocycles. The van der Waals surface area contributed by atoms with E-state index in [1.165, 1.54) is 0 Å². The fourth-order valence-electron chi connectivity index (χ4n) is 1.58. The van der Waals surface area contributed by atoms with Crippen LogP contribution < -0.4 is 15.2 Å². The molecule has 0 fully saturated rings. The van der Waals surface area contributed by atoms with Gasteiger partial charge in [0, 0.05) is 12.1 Å². The fraction of sp³-hybridized carbons (Fsp3) is 0.455. The number of aryl methyl sites for hydroxylation is 1. The van der Waals surface area contributed by atoms with Gasteiger partial charge in [-0.1, -0.05) is 13.0 Å². The summed E-state index contributed by atoms with van der Waals surface area (Å²) in [6, 6.07) is 3.94. The molecular weight excluding hydrogens is 178 g/mol. The van der Waals surface area contributed by atoms with E-state index in [1.807, 2.05) is 12.1 Å². The summed E-state index contributed by atoms with van der Waals surface area (Å²) in [5.41, 5.74) is 7.77. The summed E-state index contributed by atoms with van der Waals surface area (Å²) in [7, 11) is 3.30. The molecule has 0 radical (unpaired) electrons. The van der Waals surface area contributed by atoms with Gasteiger partial charge in [-0.2, -0.15) is 0 Å². The van der Waals surface area contributed by atoms with Gasteiger partial charge in [-0.3, -0.25) is 0 Å². The number of benzene rings is 1. The molecular formula is C11H17NO2. The average Bonchev–Trinajstić information content (AvgIpc) is 2.26. The lowest BCUT2D eigenvalue weighted by molar-refractivity contribution is 0.382. The van der Waals surface area contributed by atoms with Crippen molar-refractivity contribution >= 4 is 0 Å². The van der Waals surface area contributed by atoms with Crippen molar-refractivity contribution in [3.8, 4) is 11.5 Å². The van der Waals surface area contributed by atoms with Crippen molar-refractivity contribution in [3.63, 3.8) is 0 Å². The molecule has 3 nitrogen and oxygen atoms in total. The Bertz CT molecular complexity index is 279. The first kappa shape index (κ1) is 10.9. The van der Waals surface area contributed by atoms with Gasteiger partial charge in [0.1, 0.15) is 11.5 Å². The summed E-state index contributed by atoms with van der Waals surface area (Å²) < 4.78 is 10.6. The van der Waals surface area contributed by atoms with E-state index in [0.29, 0.717) is 6.54 Å². The Balaban J connectivity index is 3.28. The summed E-state index contributed by atoms with van der Waals surface area (Å²) in [6.45, 7) is 2.52. The maximum atomic E-state index is 5.67. The summed E-state index contributed by atoms with van der Waals surface area (Å²) >= 11 is 0. The van der Waals surface area contributed by atoms with E-state index >= 15 is 0 Å². The molecule has 0 amide bonds. The Morgan fingerprint density at radius 3 is 2.36 bits per heavy atom. The van der Waals surface area contributed by atoms with Gasteiger partial charge in [0.05, 0.1) is 14.2 Å². The third-order valence-electron chi connectivity index (χ3n) is 2.31. The van der Waals surface area contributed by atoms with Crippen molar-refractivity contribution in [1.29, 1.82) is 0 Å². The molecule has 0 aromatic heterocycles. The zero-order valence-corrected chi connectivity index (χ0v) is 8.96. The number of nitrogens with two attached hydrogens (primary N) is 1. The maximum Gasteiger partial charge on any atom is 0.130 e. The highest BCUT2D eigenvalue weighted by Gasteiger charge is 2.11. The highest BCUT2D eigenvalue weighted by molar-refractivity contribution is 5.50. The molecule has 78 valence electrons.